The third kappa shape index (κ3) is 3.76. The summed E-state index contributed by atoms with van der Waals surface area (Å²) in [5.74, 6) is 0.0190. The number of aromatic nitrogens is 1. The molecule has 2 aromatic carbocycles. The number of phenols is 1. The van der Waals surface area contributed by atoms with Crippen molar-refractivity contribution < 1.29 is 14.6 Å². The zero-order chi connectivity index (χ0) is 20.4. The van der Waals surface area contributed by atoms with Crippen molar-refractivity contribution in [2.75, 3.05) is 20.7 Å². The monoisotopic (exact) mass is 380 g/mol. The Kier molecular flexibility index (Phi) is 5.75. The molecule has 0 fully saturated rings. The van der Waals surface area contributed by atoms with Crippen LogP contribution in [0.15, 0.2) is 36.4 Å². The van der Waals surface area contributed by atoms with E-state index in [1.807, 2.05) is 38.9 Å². The molecule has 0 spiro atoms. The Morgan fingerprint density at radius 2 is 1.75 bits per heavy atom. The topological polar surface area (TPSA) is 54.7 Å². The molecule has 5 nitrogen and oxygen atoms in total. The summed E-state index contributed by atoms with van der Waals surface area (Å²) in [6.07, 6.45) is 0.210. The number of aryl methyl sites for hydroxylation is 1. The summed E-state index contributed by atoms with van der Waals surface area (Å²) >= 11 is 0. The highest BCUT2D eigenvalue weighted by atomic mass is 16.5. The number of benzene rings is 2. The van der Waals surface area contributed by atoms with Crippen molar-refractivity contribution in [3.63, 3.8) is 0 Å². The Hall–Kier alpha value is -2.79. The molecule has 1 heterocycles. The summed E-state index contributed by atoms with van der Waals surface area (Å²) < 4.78 is 7.33. The Morgan fingerprint density at radius 3 is 2.36 bits per heavy atom. The number of phenolic OH excluding ortho intramolecular Hbond substituents is 1. The molecule has 1 N–H and O–H groups in total. The van der Waals surface area contributed by atoms with Crippen LogP contribution in [-0.2, 0) is 22.5 Å². The maximum atomic E-state index is 12.2. The average Bonchev–Trinajstić information content (AvgIpc) is 2.90. The van der Waals surface area contributed by atoms with Gasteiger partial charge in [0.15, 0.2) is 0 Å². The highest BCUT2D eigenvalue weighted by Gasteiger charge is 2.22. The highest BCUT2D eigenvalue weighted by molar-refractivity contribution is 5.94. The lowest BCUT2D eigenvalue weighted by molar-refractivity contribution is -0.142. The second-order valence-corrected chi connectivity index (χ2v) is 7.41. The number of carbonyl (C=O) groups excluding carboxylic acids is 1. The Labute approximate surface area is 166 Å². The van der Waals surface area contributed by atoms with Crippen LogP contribution in [0.5, 0.6) is 5.75 Å². The zero-order valence-electron chi connectivity index (χ0n) is 17.2. The van der Waals surface area contributed by atoms with Crippen molar-refractivity contribution in [3.05, 3.63) is 58.8 Å². The standard InChI is InChI=1S/C23H28N2O3/c1-6-28-22(27)13-19-16(3)25(17-9-7-15(2)8-10-17)23-18(19)11-12-21(26)20(23)14-24(4)5/h7-12,26H,6,13-14H2,1-5H3. The maximum absolute atomic E-state index is 12.2. The summed E-state index contributed by atoms with van der Waals surface area (Å²) in [5.41, 5.74) is 5.90. The normalized spacial score (nSPS) is 11.4. The molecule has 0 aliphatic rings. The summed E-state index contributed by atoms with van der Waals surface area (Å²) in [4.78, 5) is 14.3. The fourth-order valence-corrected chi connectivity index (χ4v) is 3.69. The lowest BCUT2D eigenvalue weighted by atomic mass is 10.0. The van der Waals surface area contributed by atoms with Gasteiger partial charge in [0.2, 0.25) is 0 Å². The van der Waals surface area contributed by atoms with Gasteiger partial charge in [0.25, 0.3) is 0 Å². The van der Waals surface area contributed by atoms with Crippen LogP contribution >= 0.6 is 0 Å². The lowest BCUT2D eigenvalue weighted by Crippen LogP contribution is -2.12. The quantitative estimate of drug-likeness (QED) is 0.654. The highest BCUT2D eigenvalue weighted by Crippen LogP contribution is 2.36. The number of hydrogen-bond acceptors (Lipinski definition) is 4. The Balaban J connectivity index is 2.32. The van der Waals surface area contributed by atoms with Crippen LogP contribution in [0.2, 0.25) is 0 Å². The van der Waals surface area contributed by atoms with Crippen LogP contribution in [0.25, 0.3) is 16.6 Å². The van der Waals surface area contributed by atoms with E-state index in [4.69, 9.17) is 4.74 Å². The first-order valence-corrected chi connectivity index (χ1v) is 9.55. The van der Waals surface area contributed by atoms with Crippen molar-refractivity contribution in [2.24, 2.45) is 0 Å². The number of ether oxygens (including phenoxy) is 1. The molecular formula is C23H28N2O3. The Morgan fingerprint density at radius 1 is 1.07 bits per heavy atom. The lowest BCUT2D eigenvalue weighted by Gasteiger charge is -2.16. The molecule has 28 heavy (non-hydrogen) atoms. The molecule has 3 rings (SSSR count). The number of hydrogen-bond donors (Lipinski definition) is 1. The summed E-state index contributed by atoms with van der Waals surface area (Å²) in [7, 11) is 3.95. The van der Waals surface area contributed by atoms with Crippen LogP contribution in [-0.4, -0.2) is 41.2 Å². The number of fused-ring (bicyclic) bond motifs is 1. The van der Waals surface area contributed by atoms with Crippen LogP contribution in [0, 0.1) is 13.8 Å². The van der Waals surface area contributed by atoms with Crippen LogP contribution in [0.3, 0.4) is 0 Å². The number of rotatable bonds is 6. The minimum atomic E-state index is -0.240. The average molecular weight is 380 g/mol. The van der Waals surface area contributed by atoms with Gasteiger partial charge in [-0.1, -0.05) is 17.7 Å². The molecule has 0 saturated heterocycles. The number of carbonyl (C=O) groups is 1. The van der Waals surface area contributed by atoms with E-state index in [0.717, 1.165) is 33.4 Å². The van der Waals surface area contributed by atoms with Crippen molar-refractivity contribution in [1.82, 2.24) is 9.47 Å². The smallest absolute Gasteiger partial charge is 0.310 e. The van der Waals surface area contributed by atoms with E-state index in [9.17, 15) is 9.90 Å². The molecule has 0 atom stereocenters. The van der Waals surface area contributed by atoms with Gasteiger partial charge in [0.05, 0.1) is 18.5 Å². The summed E-state index contributed by atoms with van der Waals surface area (Å²) in [6.45, 7) is 6.84. The fraction of sp³-hybridized carbons (Fsp3) is 0.348. The molecule has 148 valence electrons. The molecule has 0 bridgehead atoms. The van der Waals surface area contributed by atoms with Crippen LogP contribution in [0.1, 0.15) is 29.3 Å². The van der Waals surface area contributed by atoms with Crippen LogP contribution in [0.4, 0.5) is 0 Å². The number of aromatic hydroxyl groups is 1. The van der Waals surface area contributed by atoms with Gasteiger partial charge in [0, 0.05) is 28.9 Å². The minimum absolute atomic E-state index is 0.210. The summed E-state index contributed by atoms with van der Waals surface area (Å²) in [6, 6.07) is 11.9. The second kappa shape index (κ2) is 8.07. The van der Waals surface area contributed by atoms with Gasteiger partial charge in [-0.3, -0.25) is 4.79 Å². The molecule has 0 saturated carbocycles. The second-order valence-electron chi connectivity index (χ2n) is 7.41. The van der Waals surface area contributed by atoms with Crippen molar-refractivity contribution >= 4 is 16.9 Å². The van der Waals surface area contributed by atoms with Crippen molar-refractivity contribution in [2.45, 2.75) is 33.7 Å². The van der Waals surface area contributed by atoms with E-state index < -0.39 is 0 Å². The minimum Gasteiger partial charge on any atom is -0.508 e. The third-order valence-electron chi connectivity index (χ3n) is 4.97. The molecular weight excluding hydrogens is 352 g/mol. The third-order valence-corrected chi connectivity index (χ3v) is 4.97. The largest absolute Gasteiger partial charge is 0.508 e. The number of esters is 1. The van der Waals surface area contributed by atoms with E-state index in [0.29, 0.717) is 13.2 Å². The van der Waals surface area contributed by atoms with Gasteiger partial charge in [0.1, 0.15) is 5.75 Å². The van der Waals surface area contributed by atoms with Gasteiger partial charge in [-0.25, -0.2) is 0 Å². The van der Waals surface area contributed by atoms with Crippen LogP contribution < -0.4 is 0 Å². The molecule has 0 radical (unpaired) electrons. The van der Waals surface area contributed by atoms with Gasteiger partial charge in [-0.05, 0) is 64.7 Å². The van der Waals surface area contributed by atoms with Gasteiger partial charge < -0.3 is 19.3 Å². The fourth-order valence-electron chi connectivity index (χ4n) is 3.69. The predicted octanol–water partition coefficient (Wildman–Crippen LogP) is 4.12. The maximum Gasteiger partial charge on any atom is 0.310 e. The van der Waals surface area contributed by atoms with E-state index >= 15 is 0 Å². The first kappa shape index (κ1) is 20.0. The first-order chi connectivity index (χ1) is 13.3. The molecule has 0 unspecified atom stereocenters. The van der Waals surface area contributed by atoms with E-state index in [1.54, 1.807) is 6.07 Å². The van der Waals surface area contributed by atoms with Crippen molar-refractivity contribution in [1.29, 1.82) is 0 Å². The van der Waals surface area contributed by atoms with Gasteiger partial charge in [-0.2, -0.15) is 0 Å². The SMILES string of the molecule is CCOC(=O)Cc1c(C)n(-c2ccc(C)cc2)c2c(CN(C)C)c(O)ccc12. The zero-order valence-corrected chi connectivity index (χ0v) is 17.2. The van der Waals surface area contributed by atoms with E-state index in [-0.39, 0.29) is 18.1 Å². The van der Waals surface area contributed by atoms with E-state index in [1.165, 1.54) is 5.56 Å². The van der Waals surface area contributed by atoms with Gasteiger partial charge >= 0.3 is 5.97 Å². The summed E-state index contributed by atoms with van der Waals surface area (Å²) in [5, 5.41) is 11.6. The Bertz CT molecular complexity index is 1000. The molecule has 5 heteroatoms. The first-order valence-electron chi connectivity index (χ1n) is 9.55. The van der Waals surface area contributed by atoms with Crippen molar-refractivity contribution in [3.8, 4) is 11.4 Å². The van der Waals surface area contributed by atoms with E-state index in [2.05, 4.69) is 35.8 Å². The van der Waals surface area contributed by atoms with Gasteiger partial charge in [-0.15, -0.1) is 0 Å². The molecule has 3 aromatic rings. The predicted molar refractivity (Wildman–Crippen MR) is 112 cm³/mol. The molecule has 1 aromatic heterocycles. The molecule has 0 amide bonds. The molecule has 0 aliphatic carbocycles. The number of nitrogens with zero attached hydrogens (tertiary/aromatic N) is 2. The molecule has 0 aliphatic heterocycles.